The summed E-state index contributed by atoms with van der Waals surface area (Å²) in [6.45, 7) is 4.47. The normalized spacial score (nSPS) is 37.0. The molecular weight excluding hydrogens is 1130 g/mol. The van der Waals surface area contributed by atoms with Crippen LogP contribution in [0.2, 0.25) is 0 Å². The van der Waals surface area contributed by atoms with Gasteiger partial charge in [-0.2, -0.15) is 0 Å². The number of unbranched alkanes of at least 4 members (excludes halogenated alkanes) is 2. The van der Waals surface area contributed by atoms with E-state index in [1.165, 1.54) is 137 Å². The molecule has 92 heavy (non-hydrogen) atoms. The van der Waals surface area contributed by atoms with E-state index in [0.717, 1.165) is 132 Å². The van der Waals surface area contributed by atoms with Crippen molar-refractivity contribution < 1.29 is 28.1 Å². The van der Waals surface area contributed by atoms with E-state index in [4.69, 9.17) is 0 Å². The molecule has 20 atom stereocenters. The van der Waals surface area contributed by atoms with Crippen molar-refractivity contribution >= 4 is 23.1 Å². The average Bonchev–Trinajstić information content (AvgIpc) is 1.55. The molecule has 0 spiro atoms. The Balaban J connectivity index is 0.000000125. The predicted octanol–water partition coefficient (Wildman–Crippen LogP) is 17.9. The Morgan fingerprint density at radius 1 is 0.402 bits per heavy atom. The molecule has 12 aliphatic rings. The molecule has 8 aliphatic heterocycles. The van der Waals surface area contributed by atoms with Crippen LogP contribution in [0.25, 0.3) is 0 Å². The molecule has 0 amide bonds. The second-order valence-electron chi connectivity index (χ2n) is 32.7. The molecule has 0 radical (unpaired) electrons. The van der Waals surface area contributed by atoms with E-state index < -0.39 is 0 Å². The van der Waals surface area contributed by atoms with Crippen molar-refractivity contribution in [3.05, 3.63) is 144 Å². The molecule has 8 saturated heterocycles. The van der Waals surface area contributed by atoms with Gasteiger partial charge in [0.05, 0.1) is 52.4 Å². The molecule has 4 aromatic rings. The van der Waals surface area contributed by atoms with Gasteiger partial charge in [0, 0.05) is 120 Å². The highest BCUT2D eigenvalue weighted by atomic mass is 16.1. The predicted molar refractivity (Wildman–Crippen MR) is 378 cm³/mol. The van der Waals surface area contributed by atoms with Crippen LogP contribution in [-0.4, -0.2) is 133 Å². The maximum Gasteiger partial charge on any atom is 0.166 e. The number of quaternary nitrogens is 2. The lowest BCUT2D eigenvalue weighted by Gasteiger charge is -2.52. The van der Waals surface area contributed by atoms with Crippen LogP contribution in [0.15, 0.2) is 121 Å². The van der Waals surface area contributed by atoms with E-state index in [2.05, 4.69) is 65.9 Å². The zero-order valence-corrected chi connectivity index (χ0v) is 56.6. The topological polar surface area (TPSA) is 74.8 Å². The van der Waals surface area contributed by atoms with Gasteiger partial charge in [-0.3, -0.25) is 24.1 Å². The van der Waals surface area contributed by atoms with Crippen molar-refractivity contribution in [3.8, 4) is 0 Å². The summed E-state index contributed by atoms with van der Waals surface area (Å²) >= 11 is 0. The molecule has 0 aromatic heterocycles. The molecule has 16 rings (SSSR count). The Labute approximate surface area is 558 Å². The largest absolute Gasteiger partial charge is 0.323 e. The number of nitrogens with zero attached hydrogens (tertiary/aromatic N) is 4. The summed E-state index contributed by atoms with van der Waals surface area (Å²) in [4.78, 5) is 57.6. The Morgan fingerprint density at radius 3 is 1.32 bits per heavy atom. The fourth-order valence-electron chi connectivity index (χ4n) is 23.0. The van der Waals surface area contributed by atoms with Crippen LogP contribution in [0.1, 0.15) is 224 Å². The maximum atomic E-state index is 13.2. The van der Waals surface area contributed by atoms with Crippen molar-refractivity contribution in [1.29, 1.82) is 0 Å². The first kappa shape index (κ1) is 68.8. The van der Waals surface area contributed by atoms with Gasteiger partial charge in [0.15, 0.2) is 23.1 Å². The standard InChI is InChI=1S/C22H32NO.C21H29NO.C20H28NO.C19H25NO.2CH4/c1-4-5-11-17(22(24)15-9-7-6-8-10-15)16-12-20-18-14-19(18)21(13-16)23(20,2)3;1-3-4-10-16(21(23)14-8-6-5-7-9-14)15-11-19-17-13-18(17)20(12-15)22(19)2;1-21(2)15-11-12-19(21)16-9-6-10-17(18(16)13-15)20(22)14-7-4-3-5-8-14;1-20-14-10-11-18(20)15-8-5-9-16(17(15)12-14)19(21)13-6-3-2-4-7-13;;/h6-10,16-21H,4-5,11-14H2,1-3H3;5-9,15-20H,3-4,10-13H2,1-2H3;3-5,7-8,15-19H,6,9-13H2,1-2H3;2-4,6-7,14-18H,5,8-12H2,1H3;2*1H4/q+1;;+1;;;. The van der Waals surface area contributed by atoms with Crippen LogP contribution >= 0.6 is 0 Å². The van der Waals surface area contributed by atoms with Gasteiger partial charge in [0.2, 0.25) is 0 Å². The summed E-state index contributed by atoms with van der Waals surface area (Å²) in [7, 11) is 14.4. The summed E-state index contributed by atoms with van der Waals surface area (Å²) < 4.78 is 2.44. The van der Waals surface area contributed by atoms with Crippen LogP contribution in [0.3, 0.4) is 0 Å². The summed E-state index contributed by atoms with van der Waals surface area (Å²) in [5.41, 5.74) is 3.70. The Morgan fingerprint density at radius 2 is 0.837 bits per heavy atom. The summed E-state index contributed by atoms with van der Waals surface area (Å²) in [5.74, 6) is 10.6. The van der Waals surface area contributed by atoms with Gasteiger partial charge in [-0.15, -0.1) is 0 Å². The van der Waals surface area contributed by atoms with Gasteiger partial charge in [-0.05, 0) is 139 Å². The van der Waals surface area contributed by atoms with Crippen LogP contribution in [0.5, 0.6) is 0 Å². The Bertz CT molecular complexity index is 3060. The minimum Gasteiger partial charge on any atom is -0.323 e. The molecule has 4 saturated carbocycles. The average molecular weight is 1250 g/mol. The van der Waals surface area contributed by atoms with Crippen LogP contribution in [0, 0.1) is 82.9 Å². The molecule has 8 bridgehead atoms. The molecule has 4 aromatic carbocycles. The highest BCUT2D eigenvalue weighted by Gasteiger charge is 2.69. The number of Topliss-reactive ketones (excluding diaryl/α,β-unsaturated/α-hetero) is 4. The van der Waals surface area contributed by atoms with Crippen molar-refractivity contribution in [1.82, 2.24) is 9.80 Å². The van der Waals surface area contributed by atoms with Crippen molar-refractivity contribution in [3.63, 3.8) is 0 Å². The van der Waals surface area contributed by atoms with E-state index >= 15 is 0 Å². The summed E-state index contributed by atoms with van der Waals surface area (Å²) in [5, 5.41) is 0. The second kappa shape index (κ2) is 29.0. The van der Waals surface area contributed by atoms with E-state index in [0.29, 0.717) is 46.8 Å². The highest BCUT2D eigenvalue weighted by molar-refractivity contribution is 5.99. The lowest BCUT2D eigenvalue weighted by molar-refractivity contribution is -0.937. The third-order valence-electron chi connectivity index (χ3n) is 27.9. The molecule has 4 aliphatic carbocycles. The third-order valence-corrected chi connectivity index (χ3v) is 27.9. The quantitative estimate of drug-likeness (QED) is 0.0822. The van der Waals surface area contributed by atoms with Crippen molar-refractivity contribution in [2.45, 2.75) is 231 Å². The number of rotatable bonds is 16. The smallest absolute Gasteiger partial charge is 0.166 e. The summed E-state index contributed by atoms with van der Waals surface area (Å²) in [6, 6.07) is 46.2. The monoisotopic (exact) mass is 1250 g/mol. The number of carbonyl (C=O) groups is 4. The molecule has 8 nitrogen and oxygen atoms in total. The lowest BCUT2D eigenvalue weighted by Crippen LogP contribution is -2.60. The summed E-state index contributed by atoms with van der Waals surface area (Å²) in [6.07, 6.45) is 30.2. The van der Waals surface area contributed by atoms with Crippen LogP contribution in [0.4, 0.5) is 0 Å². The minimum atomic E-state index is 0. The lowest BCUT2D eigenvalue weighted by atomic mass is 9.63. The van der Waals surface area contributed by atoms with E-state index in [9.17, 15) is 19.2 Å². The Hall–Kier alpha value is -4.60. The molecular formula is C84H122N4O4+2. The highest BCUT2D eigenvalue weighted by Crippen LogP contribution is 2.63. The SMILES string of the molecule is C.C.CCCCC(C(=O)c1ccccc1)C1CC2C3CC3C(C1)N2C.CCCCC(C(=O)c1ccccc1)C1CC2C3CC3C(C1)[N+]2(C)C.CN1C2CCC1C1CCCC(C(=O)c3ccccc3)C1C2.C[N+]1(C)C2CCC1C1CCCC(C(=O)c3ccccc3)C1C2. The van der Waals surface area contributed by atoms with Crippen molar-refractivity contribution in [2.24, 2.45) is 82.9 Å². The van der Waals surface area contributed by atoms with Gasteiger partial charge in [0.25, 0.3) is 0 Å². The maximum absolute atomic E-state index is 13.2. The molecule has 0 N–H and O–H groups in total. The molecule has 8 heterocycles. The zero-order chi connectivity index (χ0) is 62.6. The second-order valence-corrected chi connectivity index (χ2v) is 32.7. The van der Waals surface area contributed by atoms with Gasteiger partial charge in [0.1, 0.15) is 0 Å². The van der Waals surface area contributed by atoms with E-state index in [-0.39, 0.29) is 38.5 Å². The van der Waals surface area contributed by atoms with Crippen LogP contribution in [-0.2, 0) is 0 Å². The van der Waals surface area contributed by atoms with Gasteiger partial charge >= 0.3 is 0 Å². The first-order valence-electron chi connectivity index (χ1n) is 37.1. The first-order chi connectivity index (χ1) is 43.6. The first-order valence-corrected chi connectivity index (χ1v) is 37.1. The molecule has 20 unspecified atom stereocenters. The molecule has 12 fully saturated rings. The number of ketones is 4. The minimum absolute atomic E-state index is 0. The number of hydrogen-bond donors (Lipinski definition) is 0. The van der Waals surface area contributed by atoms with E-state index in [1.807, 2.05) is 121 Å². The fourth-order valence-corrected chi connectivity index (χ4v) is 23.0. The fraction of sp³-hybridized carbons (Fsp3) is 0.667. The number of carbonyl (C=O) groups excluding carboxylic acids is 4. The molecule has 500 valence electrons. The van der Waals surface area contributed by atoms with Crippen molar-refractivity contribution in [2.75, 3.05) is 42.3 Å². The number of fused-ring (bicyclic) bond motifs is 18. The Kier molecular flexibility index (Phi) is 21.7. The van der Waals surface area contributed by atoms with Gasteiger partial charge < -0.3 is 13.9 Å². The number of hydrogen-bond acceptors (Lipinski definition) is 6. The number of benzene rings is 4. The van der Waals surface area contributed by atoms with Gasteiger partial charge in [-0.25, -0.2) is 0 Å². The van der Waals surface area contributed by atoms with Gasteiger partial charge in [-0.1, -0.05) is 189 Å². The zero-order valence-electron chi connectivity index (χ0n) is 56.6. The molecule has 8 heteroatoms. The van der Waals surface area contributed by atoms with E-state index in [1.54, 1.807) is 0 Å². The number of piperidine rings is 6. The van der Waals surface area contributed by atoms with Crippen LogP contribution < -0.4 is 0 Å². The third kappa shape index (κ3) is 13.4.